The molecule has 2 N–H and O–H groups in total. The fraction of sp³-hybridized carbons (Fsp3) is 0.0667. The fourth-order valence-corrected chi connectivity index (χ4v) is 1.53. The van der Waals surface area contributed by atoms with Crippen molar-refractivity contribution in [2.45, 2.75) is 6.61 Å². The number of rotatable bonds is 4. The molecule has 2 aromatic carbocycles. The van der Waals surface area contributed by atoms with Crippen LogP contribution < -0.4 is 10.5 Å². The minimum absolute atomic E-state index is 0.551. The summed E-state index contributed by atoms with van der Waals surface area (Å²) in [5.74, 6) is 0.804. The summed E-state index contributed by atoms with van der Waals surface area (Å²) in [4.78, 5) is 0. The Morgan fingerprint density at radius 1 is 1.06 bits per heavy atom. The second-order valence-electron chi connectivity index (χ2n) is 3.83. The van der Waals surface area contributed by atoms with E-state index in [1.165, 1.54) is 0 Å². The second kappa shape index (κ2) is 5.21. The molecule has 0 atom stereocenters. The molecule has 2 nitrogen and oxygen atoms in total. The predicted octanol–water partition coefficient (Wildman–Crippen LogP) is 3.20. The molecule has 17 heavy (non-hydrogen) atoms. The highest BCUT2D eigenvalue weighted by Crippen LogP contribution is 2.17. The average Bonchev–Trinajstić information content (AvgIpc) is 2.38. The van der Waals surface area contributed by atoms with Crippen molar-refractivity contribution < 1.29 is 4.74 Å². The van der Waals surface area contributed by atoms with E-state index in [9.17, 15) is 0 Å². The van der Waals surface area contributed by atoms with Gasteiger partial charge in [-0.3, -0.25) is 0 Å². The maximum Gasteiger partial charge on any atom is 0.120 e. The molecule has 2 rings (SSSR count). The Hall–Kier alpha value is -2.22. The van der Waals surface area contributed by atoms with Crippen molar-refractivity contribution in [2.75, 3.05) is 0 Å². The molecular formula is C15H15NO. The van der Waals surface area contributed by atoms with Gasteiger partial charge in [-0.2, -0.15) is 0 Å². The fourth-order valence-electron chi connectivity index (χ4n) is 1.53. The summed E-state index contributed by atoms with van der Waals surface area (Å²) in [6.07, 6.45) is 0. The van der Waals surface area contributed by atoms with Crippen molar-refractivity contribution in [3.05, 3.63) is 72.3 Å². The number of hydrogen-bond donors (Lipinski definition) is 1. The van der Waals surface area contributed by atoms with Gasteiger partial charge in [0.05, 0.1) is 0 Å². The monoisotopic (exact) mass is 225 g/mol. The zero-order chi connectivity index (χ0) is 12.1. The van der Waals surface area contributed by atoms with Gasteiger partial charge >= 0.3 is 0 Å². The molecule has 2 heteroatoms. The summed E-state index contributed by atoms with van der Waals surface area (Å²) >= 11 is 0. The standard InChI is InChI=1S/C15H15NO/c1-12(16)14-8-5-9-15(10-14)17-11-13-6-3-2-4-7-13/h2-10H,1,11,16H2. The van der Waals surface area contributed by atoms with E-state index in [4.69, 9.17) is 10.5 Å². The van der Waals surface area contributed by atoms with Crippen LogP contribution in [0.15, 0.2) is 61.2 Å². The van der Waals surface area contributed by atoms with Crippen LogP contribution in [-0.4, -0.2) is 0 Å². The van der Waals surface area contributed by atoms with Gasteiger partial charge in [-0.1, -0.05) is 49.0 Å². The summed E-state index contributed by atoms with van der Waals surface area (Å²) in [5.41, 5.74) is 8.23. The number of hydrogen-bond acceptors (Lipinski definition) is 2. The SMILES string of the molecule is C=C(N)c1cccc(OCc2ccccc2)c1. The van der Waals surface area contributed by atoms with Gasteiger partial charge in [-0.15, -0.1) is 0 Å². The molecule has 0 aliphatic heterocycles. The lowest BCUT2D eigenvalue weighted by molar-refractivity contribution is 0.306. The normalized spacial score (nSPS) is 9.88. The van der Waals surface area contributed by atoms with Crippen LogP contribution in [0.1, 0.15) is 11.1 Å². The third kappa shape index (κ3) is 3.11. The van der Waals surface area contributed by atoms with Crippen molar-refractivity contribution in [2.24, 2.45) is 5.73 Å². The van der Waals surface area contributed by atoms with Crippen LogP contribution in [0, 0.1) is 0 Å². The summed E-state index contributed by atoms with van der Waals surface area (Å²) < 4.78 is 5.69. The molecule has 0 amide bonds. The Labute approximate surface area is 101 Å². The van der Waals surface area contributed by atoms with Crippen LogP contribution in [0.4, 0.5) is 0 Å². The lowest BCUT2D eigenvalue weighted by atomic mass is 10.2. The van der Waals surface area contributed by atoms with E-state index in [0.29, 0.717) is 12.3 Å². The molecule has 0 fully saturated rings. The van der Waals surface area contributed by atoms with Crippen molar-refractivity contribution in [1.82, 2.24) is 0 Å². The molecule has 2 aromatic rings. The van der Waals surface area contributed by atoms with E-state index in [-0.39, 0.29) is 0 Å². The van der Waals surface area contributed by atoms with Gasteiger partial charge in [0, 0.05) is 11.3 Å². The van der Waals surface area contributed by atoms with Crippen molar-refractivity contribution in [3.8, 4) is 5.75 Å². The van der Waals surface area contributed by atoms with Crippen LogP contribution in [0.5, 0.6) is 5.75 Å². The van der Waals surface area contributed by atoms with E-state index in [1.54, 1.807) is 0 Å². The van der Waals surface area contributed by atoms with Gasteiger partial charge in [0.15, 0.2) is 0 Å². The number of nitrogens with two attached hydrogens (primary N) is 1. The van der Waals surface area contributed by atoms with Crippen molar-refractivity contribution in [1.29, 1.82) is 0 Å². The molecule has 0 heterocycles. The smallest absolute Gasteiger partial charge is 0.120 e. The third-order valence-electron chi connectivity index (χ3n) is 2.45. The van der Waals surface area contributed by atoms with Gasteiger partial charge in [0.1, 0.15) is 12.4 Å². The molecular weight excluding hydrogens is 210 g/mol. The Morgan fingerprint density at radius 3 is 2.53 bits per heavy atom. The van der Waals surface area contributed by atoms with Gasteiger partial charge in [-0.05, 0) is 17.7 Å². The Kier molecular flexibility index (Phi) is 3.46. The van der Waals surface area contributed by atoms with Gasteiger partial charge in [-0.25, -0.2) is 0 Å². The second-order valence-corrected chi connectivity index (χ2v) is 3.83. The molecule has 0 aromatic heterocycles. The molecule has 0 aliphatic rings. The topological polar surface area (TPSA) is 35.2 Å². The van der Waals surface area contributed by atoms with Gasteiger partial charge in [0.25, 0.3) is 0 Å². The van der Waals surface area contributed by atoms with Crippen LogP contribution in [0.25, 0.3) is 5.70 Å². The zero-order valence-corrected chi connectivity index (χ0v) is 9.60. The van der Waals surface area contributed by atoms with Crippen LogP contribution in [-0.2, 0) is 6.61 Å². The maximum atomic E-state index is 5.69. The summed E-state index contributed by atoms with van der Waals surface area (Å²) in [6, 6.07) is 17.7. The maximum absolute atomic E-state index is 5.69. The minimum Gasteiger partial charge on any atom is -0.489 e. The minimum atomic E-state index is 0.551. The van der Waals surface area contributed by atoms with Gasteiger partial charge < -0.3 is 10.5 Å². The lowest BCUT2D eigenvalue weighted by Crippen LogP contribution is -1.97. The zero-order valence-electron chi connectivity index (χ0n) is 9.60. The van der Waals surface area contributed by atoms with E-state index >= 15 is 0 Å². The lowest BCUT2D eigenvalue weighted by Gasteiger charge is -2.07. The average molecular weight is 225 g/mol. The molecule has 0 aliphatic carbocycles. The van der Waals surface area contributed by atoms with Crippen molar-refractivity contribution >= 4 is 5.70 Å². The first-order valence-electron chi connectivity index (χ1n) is 5.47. The van der Waals surface area contributed by atoms with Crippen LogP contribution in [0.2, 0.25) is 0 Å². The molecule has 0 unspecified atom stereocenters. The van der Waals surface area contributed by atoms with E-state index in [1.807, 2.05) is 54.6 Å². The molecule has 86 valence electrons. The summed E-state index contributed by atoms with van der Waals surface area (Å²) in [7, 11) is 0. The molecule has 0 saturated heterocycles. The first kappa shape index (κ1) is 11.3. The van der Waals surface area contributed by atoms with E-state index in [2.05, 4.69) is 6.58 Å². The first-order valence-corrected chi connectivity index (χ1v) is 5.47. The van der Waals surface area contributed by atoms with Crippen LogP contribution >= 0.6 is 0 Å². The Morgan fingerprint density at radius 2 is 1.82 bits per heavy atom. The summed E-state index contributed by atoms with van der Waals surface area (Å²) in [5, 5.41) is 0. The largest absolute Gasteiger partial charge is 0.489 e. The van der Waals surface area contributed by atoms with Crippen molar-refractivity contribution in [3.63, 3.8) is 0 Å². The van der Waals surface area contributed by atoms with E-state index < -0.39 is 0 Å². The summed E-state index contributed by atoms with van der Waals surface area (Å²) in [6.45, 7) is 4.26. The first-order chi connectivity index (χ1) is 8.25. The highest BCUT2D eigenvalue weighted by molar-refractivity contribution is 5.61. The highest BCUT2D eigenvalue weighted by atomic mass is 16.5. The number of benzene rings is 2. The number of ether oxygens (including phenoxy) is 1. The Balaban J connectivity index is 2.04. The third-order valence-corrected chi connectivity index (χ3v) is 2.45. The molecule has 0 saturated carbocycles. The molecule has 0 radical (unpaired) electrons. The van der Waals surface area contributed by atoms with E-state index in [0.717, 1.165) is 16.9 Å². The highest BCUT2D eigenvalue weighted by Gasteiger charge is 1.98. The predicted molar refractivity (Wildman–Crippen MR) is 70.4 cm³/mol. The van der Waals surface area contributed by atoms with Crippen LogP contribution in [0.3, 0.4) is 0 Å². The molecule has 0 bridgehead atoms. The van der Waals surface area contributed by atoms with Gasteiger partial charge in [0.2, 0.25) is 0 Å². The molecule has 0 spiro atoms. The quantitative estimate of drug-likeness (QED) is 0.867. The Bertz CT molecular complexity index is 505.